The first-order valence-electron chi connectivity index (χ1n) is 13.2. The van der Waals surface area contributed by atoms with Crippen molar-refractivity contribution in [3.05, 3.63) is 29.3 Å². The molecule has 47 heavy (non-hydrogen) atoms. The Hall–Kier alpha value is -3.23. The smallest absolute Gasteiger partial charge is 0.386 e. The maximum Gasteiger partial charge on any atom is 0.582 e. The molecular formula is C22H24FN10O10P2S2+. The van der Waals surface area contributed by atoms with E-state index in [0.29, 0.717) is 0 Å². The highest BCUT2D eigenvalue weighted by molar-refractivity contribution is 8.39. The monoisotopic (exact) mass is 733 g/mol. The zero-order chi connectivity index (χ0) is 33.8. The fourth-order valence-electron chi connectivity index (χ4n) is 5.14. The number of aromatic nitrogens is 8. The van der Waals surface area contributed by atoms with Crippen LogP contribution in [0.25, 0.3) is 22.3 Å². The summed E-state index contributed by atoms with van der Waals surface area (Å²) < 4.78 is 57.2. The van der Waals surface area contributed by atoms with Crippen LogP contribution in [0.1, 0.15) is 12.5 Å². The summed E-state index contributed by atoms with van der Waals surface area (Å²) in [5.41, 5.74) is 8.74. The molecule has 0 spiro atoms. The van der Waals surface area contributed by atoms with E-state index in [9.17, 15) is 24.5 Å². The SMILES string of the molecule is C#C[C@]1(COP(O)(=S)O[C@@H]2[C@H](F)[C@@H](CO[P+](=O)S)O[C@H]2n2cnc3c(=O)[nH]c(N)nc32)O[C@@H](n2cnc3c(N)ncnc32)[C@H](O)[C@@H]1O. The predicted octanol–water partition coefficient (Wildman–Crippen LogP) is -0.796. The zero-order valence-corrected chi connectivity index (χ0v) is 26.9. The number of thiol groups is 1. The van der Waals surface area contributed by atoms with Crippen molar-refractivity contribution >= 4 is 72.1 Å². The highest BCUT2D eigenvalue weighted by atomic mass is 32.7. The fourth-order valence-corrected chi connectivity index (χ4v) is 7.01. The number of nitrogen functional groups attached to an aromatic ring is 2. The van der Waals surface area contributed by atoms with Crippen molar-refractivity contribution in [2.75, 3.05) is 24.7 Å². The van der Waals surface area contributed by atoms with Crippen molar-refractivity contribution in [1.29, 1.82) is 0 Å². The minimum atomic E-state index is -4.51. The summed E-state index contributed by atoms with van der Waals surface area (Å²) in [6.45, 7) is -5.92. The highest BCUT2D eigenvalue weighted by Gasteiger charge is 2.56. The number of terminal acetylenes is 1. The molecule has 0 aromatic carbocycles. The second-order valence-electron chi connectivity index (χ2n) is 10.2. The Morgan fingerprint density at radius 3 is 2.62 bits per heavy atom. The van der Waals surface area contributed by atoms with Gasteiger partial charge in [0.1, 0.15) is 55.1 Å². The molecule has 0 aliphatic carbocycles. The summed E-state index contributed by atoms with van der Waals surface area (Å²) in [5, 5.41) is 21.9. The third-order valence-electron chi connectivity index (χ3n) is 7.37. The molecule has 2 saturated heterocycles. The number of fused-ring (bicyclic) bond motifs is 2. The molecule has 4 aromatic heterocycles. The molecule has 0 amide bonds. The minimum Gasteiger partial charge on any atom is -0.386 e. The number of aromatic amines is 1. The van der Waals surface area contributed by atoms with Gasteiger partial charge in [-0.2, -0.15) is 4.98 Å². The van der Waals surface area contributed by atoms with Gasteiger partial charge in [0.2, 0.25) is 5.95 Å². The van der Waals surface area contributed by atoms with Crippen LogP contribution in [0.4, 0.5) is 16.2 Å². The molecule has 0 radical (unpaired) electrons. The molecule has 2 aliphatic heterocycles. The topological polar surface area (TPSA) is 283 Å². The van der Waals surface area contributed by atoms with Crippen LogP contribution in [0.2, 0.25) is 0 Å². The van der Waals surface area contributed by atoms with Gasteiger partial charge in [0, 0.05) is 0 Å². The Morgan fingerprint density at radius 1 is 1.21 bits per heavy atom. The third-order valence-corrected chi connectivity index (χ3v) is 9.62. The molecule has 2 aliphatic rings. The lowest BCUT2D eigenvalue weighted by Crippen LogP contribution is -2.45. The van der Waals surface area contributed by atoms with Crippen LogP contribution in [0.15, 0.2) is 23.8 Å². The van der Waals surface area contributed by atoms with E-state index in [1.165, 1.54) is 10.9 Å². The summed E-state index contributed by atoms with van der Waals surface area (Å²) in [5.74, 6) is 1.99. The Morgan fingerprint density at radius 2 is 1.91 bits per heavy atom. The molecule has 10 atom stereocenters. The summed E-state index contributed by atoms with van der Waals surface area (Å²) in [7, 11) is -2.45. The number of rotatable bonds is 10. The number of nitrogens with two attached hydrogens (primary N) is 2. The summed E-state index contributed by atoms with van der Waals surface area (Å²) in [6, 6.07) is 0. The first-order valence-corrected chi connectivity index (χ1v) is 18.1. The molecule has 250 valence electrons. The maximum atomic E-state index is 15.8. The fraction of sp³-hybridized carbons (Fsp3) is 0.455. The van der Waals surface area contributed by atoms with Gasteiger partial charge in [-0.05, 0) is 16.4 Å². The van der Waals surface area contributed by atoms with Crippen molar-refractivity contribution in [3.8, 4) is 12.3 Å². The van der Waals surface area contributed by atoms with E-state index in [4.69, 9.17) is 52.7 Å². The number of hydrogen-bond acceptors (Lipinski definition) is 17. The molecule has 20 nitrogen and oxygen atoms in total. The lowest BCUT2D eigenvalue weighted by Gasteiger charge is -2.30. The van der Waals surface area contributed by atoms with Gasteiger partial charge in [0.05, 0.1) is 19.3 Å². The van der Waals surface area contributed by atoms with E-state index >= 15 is 4.39 Å². The van der Waals surface area contributed by atoms with Crippen LogP contribution in [0.5, 0.6) is 0 Å². The first kappa shape index (κ1) is 33.7. The first-order chi connectivity index (χ1) is 22.2. The van der Waals surface area contributed by atoms with Crippen molar-refractivity contribution in [1.82, 2.24) is 39.0 Å². The number of H-pyrrole nitrogens is 1. The third kappa shape index (κ3) is 6.12. The number of imidazole rings is 2. The van der Waals surface area contributed by atoms with Gasteiger partial charge in [-0.25, -0.2) is 24.3 Å². The molecule has 6 heterocycles. The van der Waals surface area contributed by atoms with Crippen LogP contribution in [-0.4, -0.2) is 104 Å². The summed E-state index contributed by atoms with van der Waals surface area (Å²) >= 11 is 8.80. The van der Waals surface area contributed by atoms with Gasteiger partial charge >= 0.3 is 13.9 Å². The maximum absolute atomic E-state index is 15.8. The quantitative estimate of drug-likeness (QED) is 0.0597. The second kappa shape index (κ2) is 12.7. The predicted molar refractivity (Wildman–Crippen MR) is 165 cm³/mol. The van der Waals surface area contributed by atoms with E-state index < -0.39 is 81.4 Å². The number of hydrogen-bond donors (Lipinski definition) is 7. The Bertz CT molecular complexity index is 2010. The summed E-state index contributed by atoms with van der Waals surface area (Å²) in [4.78, 5) is 45.7. The summed E-state index contributed by atoms with van der Waals surface area (Å²) in [6.07, 6.45) is -2.45. The normalized spacial score (nSPS) is 30.9. The number of nitrogens with one attached hydrogen (secondary N) is 1. The van der Waals surface area contributed by atoms with Crippen molar-refractivity contribution in [2.45, 2.75) is 48.6 Å². The standard InChI is InChI=1S/C22H23FN10O10P2S2/c1-2-22(14(35)12(34)19(42-22)32-6-28-10-15(24)26-5-27-16(10)32)4-40-45(38,47)43-13-9(23)8(3-39-44(37)46)41-20(13)33-7-29-11-17(33)30-21(25)31-18(11)36/h1,5-9,12-14,19-20,34-35H,3-4H2,(H6-,24,25,26,27,30,31,36,37,38,46,47)/p+1/t8-,9-,12-,13-,14+,19-,20-,22-,45?/m1/s1. The molecule has 25 heteroatoms. The molecule has 2 unspecified atom stereocenters. The van der Waals surface area contributed by atoms with Crippen molar-refractivity contribution < 1.29 is 47.1 Å². The Balaban J connectivity index is 1.25. The molecule has 2 fully saturated rings. The number of aliphatic hydroxyl groups is 2. The minimum absolute atomic E-state index is 0.0507. The lowest BCUT2D eigenvalue weighted by molar-refractivity contribution is -0.0908. The number of ether oxygens (including phenoxy) is 2. The highest BCUT2D eigenvalue weighted by Crippen LogP contribution is 2.52. The van der Waals surface area contributed by atoms with Crippen molar-refractivity contribution in [2.24, 2.45) is 0 Å². The van der Waals surface area contributed by atoms with Crippen LogP contribution >= 0.6 is 26.2 Å². The molecule has 0 saturated carbocycles. The van der Waals surface area contributed by atoms with Gasteiger partial charge in [0.15, 0.2) is 46.9 Å². The van der Waals surface area contributed by atoms with E-state index in [1.807, 2.05) is 0 Å². The van der Waals surface area contributed by atoms with Crippen LogP contribution in [-0.2, 0) is 39.4 Å². The number of halogens is 1. The van der Waals surface area contributed by atoms with Gasteiger partial charge in [-0.15, -0.1) is 10.9 Å². The second-order valence-corrected chi connectivity index (χ2v) is 14.7. The molecular weight excluding hydrogens is 709 g/mol. The number of nitrogens with zero attached hydrogens (tertiary/aromatic N) is 7. The van der Waals surface area contributed by atoms with E-state index in [2.05, 4.69) is 48.1 Å². The van der Waals surface area contributed by atoms with Gasteiger partial charge in [-0.3, -0.25) is 23.4 Å². The van der Waals surface area contributed by atoms with E-state index in [-0.39, 0.29) is 34.1 Å². The molecule has 6 rings (SSSR count). The van der Waals surface area contributed by atoms with Crippen LogP contribution in [0.3, 0.4) is 0 Å². The van der Waals surface area contributed by atoms with Crippen LogP contribution < -0.4 is 17.0 Å². The average Bonchev–Trinajstić information content (AvgIpc) is 3.77. The van der Waals surface area contributed by atoms with E-state index in [1.54, 1.807) is 0 Å². The van der Waals surface area contributed by atoms with Gasteiger partial charge in [-0.1, -0.05) is 5.92 Å². The average molecular weight is 734 g/mol. The van der Waals surface area contributed by atoms with Crippen molar-refractivity contribution in [3.63, 3.8) is 0 Å². The molecule has 4 aromatic rings. The largest absolute Gasteiger partial charge is 0.582 e. The van der Waals surface area contributed by atoms with Gasteiger partial charge < -0.3 is 40.6 Å². The Kier molecular flexibility index (Phi) is 9.07. The number of anilines is 2. The zero-order valence-electron chi connectivity index (χ0n) is 23.4. The lowest BCUT2D eigenvalue weighted by atomic mass is 9.97. The number of alkyl halides is 1. The van der Waals surface area contributed by atoms with Crippen LogP contribution in [0, 0.1) is 12.3 Å². The number of aliphatic hydroxyl groups excluding tert-OH is 2. The van der Waals surface area contributed by atoms with E-state index in [0.717, 1.165) is 17.2 Å². The van der Waals surface area contributed by atoms with Gasteiger partial charge in [0.25, 0.3) is 5.56 Å². The Labute approximate surface area is 272 Å². The molecule has 0 bridgehead atoms. The molecule has 8 N–H and O–H groups in total.